The Morgan fingerprint density at radius 1 is 1.53 bits per heavy atom. The van der Waals surface area contributed by atoms with Gasteiger partial charge in [-0.1, -0.05) is 30.1 Å². The first kappa shape index (κ1) is 14.1. The van der Waals surface area contributed by atoms with Gasteiger partial charge >= 0.3 is 0 Å². The number of carbonyl (C=O) groups excluding carboxylic acids is 1. The van der Waals surface area contributed by atoms with E-state index in [2.05, 4.69) is 5.32 Å². The molecule has 4 nitrogen and oxygen atoms in total. The molecule has 6 heteroatoms. The van der Waals surface area contributed by atoms with Crippen molar-refractivity contribution in [2.75, 3.05) is 12.3 Å². The van der Waals surface area contributed by atoms with Gasteiger partial charge in [-0.15, -0.1) is 0 Å². The highest BCUT2D eigenvalue weighted by atomic mass is 35.5. The van der Waals surface area contributed by atoms with Crippen LogP contribution in [0.5, 0.6) is 0 Å². The van der Waals surface area contributed by atoms with Gasteiger partial charge in [0.25, 0.3) is 5.91 Å². The molecule has 0 aliphatic carbocycles. The maximum Gasteiger partial charge on any atom is 0.253 e. The lowest BCUT2D eigenvalue weighted by Crippen LogP contribution is -2.37. The van der Waals surface area contributed by atoms with Gasteiger partial charge in [0.05, 0.1) is 28.3 Å². The van der Waals surface area contributed by atoms with Gasteiger partial charge in [-0.25, -0.2) is 0 Å². The van der Waals surface area contributed by atoms with Crippen LogP contribution in [-0.4, -0.2) is 23.7 Å². The molecule has 1 amide bonds. The Morgan fingerprint density at radius 3 is 2.71 bits per heavy atom. The number of aliphatic hydroxyl groups excluding tert-OH is 1. The van der Waals surface area contributed by atoms with Gasteiger partial charge in [-0.2, -0.15) is 0 Å². The van der Waals surface area contributed by atoms with E-state index in [1.165, 1.54) is 12.1 Å². The van der Waals surface area contributed by atoms with Crippen LogP contribution in [-0.2, 0) is 0 Å². The van der Waals surface area contributed by atoms with Crippen LogP contribution in [0.25, 0.3) is 0 Å². The molecule has 4 N–H and O–H groups in total. The molecular formula is C11H14Cl2N2O2. The number of rotatable bonds is 4. The first-order valence-corrected chi connectivity index (χ1v) is 5.91. The Hall–Kier alpha value is -0.970. The van der Waals surface area contributed by atoms with Crippen molar-refractivity contribution < 1.29 is 9.90 Å². The summed E-state index contributed by atoms with van der Waals surface area (Å²) in [7, 11) is 0. The average molecular weight is 277 g/mol. The van der Waals surface area contributed by atoms with E-state index in [4.69, 9.17) is 34.0 Å². The molecule has 1 rings (SSSR count). The van der Waals surface area contributed by atoms with Crippen LogP contribution in [0.1, 0.15) is 23.7 Å². The molecule has 0 fully saturated rings. The number of nitrogens with two attached hydrogens (primary N) is 1. The van der Waals surface area contributed by atoms with Crippen LogP contribution in [0, 0.1) is 0 Å². The Balaban J connectivity index is 2.96. The van der Waals surface area contributed by atoms with Crippen molar-refractivity contribution in [3.8, 4) is 0 Å². The summed E-state index contributed by atoms with van der Waals surface area (Å²) in [6, 6.07) is 2.62. The van der Waals surface area contributed by atoms with Gasteiger partial charge < -0.3 is 16.2 Å². The third kappa shape index (κ3) is 3.49. The van der Waals surface area contributed by atoms with Crippen LogP contribution in [0.4, 0.5) is 5.69 Å². The van der Waals surface area contributed by atoms with Gasteiger partial charge in [-0.3, -0.25) is 4.79 Å². The zero-order chi connectivity index (χ0) is 13.0. The topological polar surface area (TPSA) is 75.3 Å². The first-order chi connectivity index (χ1) is 7.99. The smallest absolute Gasteiger partial charge is 0.253 e. The largest absolute Gasteiger partial charge is 0.399 e. The maximum atomic E-state index is 11.9. The molecule has 17 heavy (non-hydrogen) atoms. The van der Waals surface area contributed by atoms with E-state index in [1.807, 2.05) is 6.92 Å². The first-order valence-electron chi connectivity index (χ1n) is 5.15. The minimum Gasteiger partial charge on any atom is -0.399 e. The van der Waals surface area contributed by atoms with Crippen molar-refractivity contribution >= 4 is 34.8 Å². The second kappa shape index (κ2) is 6.10. The normalized spacial score (nSPS) is 12.2. The molecule has 0 saturated carbocycles. The highest BCUT2D eigenvalue weighted by Gasteiger charge is 2.16. The summed E-state index contributed by atoms with van der Waals surface area (Å²) in [5.41, 5.74) is 6.16. The van der Waals surface area contributed by atoms with E-state index in [0.29, 0.717) is 12.1 Å². The minimum atomic E-state index is -0.398. The average Bonchev–Trinajstić information content (AvgIpc) is 2.30. The van der Waals surface area contributed by atoms with Crippen molar-refractivity contribution in [3.05, 3.63) is 27.7 Å². The van der Waals surface area contributed by atoms with Crippen molar-refractivity contribution in [2.45, 2.75) is 19.4 Å². The van der Waals surface area contributed by atoms with Crippen LogP contribution in [0.15, 0.2) is 12.1 Å². The molecule has 0 aliphatic heterocycles. The minimum absolute atomic E-state index is 0.129. The predicted molar refractivity (Wildman–Crippen MR) is 69.5 cm³/mol. The molecule has 0 radical (unpaired) electrons. The molecule has 0 unspecified atom stereocenters. The highest BCUT2D eigenvalue weighted by molar-refractivity contribution is 6.44. The van der Waals surface area contributed by atoms with Crippen LogP contribution in [0.3, 0.4) is 0 Å². The molecule has 1 aromatic rings. The van der Waals surface area contributed by atoms with Gasteiger partial charge in [0.1, 0.15) is 0 Å². The molecule has 0 bridgehead atoms. The van der Waals surface area contributed by atoms with E-state index in [0.717, 1.165) is 0 Å². The number of anilines is 1. The van der Waals surface area contributed by atoms with Crippen LogP contribution in [0.2, 0.25) is 10.0 Å². The lowest BCUT2D eigenvalue weighted by Gasteiger charge is -2.15. The van der Waals surface area contributed by atoms with E-state index < -0.39 is 5.91 Å². The predicted octanol–water partition coefficient (Wildman–Crippen LogP) is 2.08. The summed E-state index contributed by atoms with van der Waals surface area (Å²) >= 11 is 11.7. The maximum absolute atomic E-state index is 11.9. The second-order valence-corrected chi connectivity index (χ2v) is 4.41. The fourth-order valence-electron chi connectivity index (χ4n) is 1.32. The summed E-state index contributed by atoms with van der Waals surface area (Å²) in [6.45, 7) is 1.73. The quantitative estimate of drug-likeness (QED) is 0.737. The third-order valence-corrected chi connectivity index (χ3v) is 3.15. The highest BCUT2D eigenvalue weighted by Crippen LogP contribution is 2.28. The van der Waals surface area contributed by atoms with Gasteiger partial charge in [0.15, 0.2) is 0 Å². The monoisotopic (exact) mass is 276 g/mol. The lowest BCUT2D eigenvalue weighted by molar-refractivity contribution is 0.0915. The van der Waals surface area contributed by atoms with Crippen molar-refractivity contribution in [1.29, 1.82) is 0 Å². The van der Waals surface area contributed by atoms with Gasteiger partial charge in [0.2, 0.25) is 0 Å². The molecule has 0 spiro atoms. The Kier molecular flexibility index (Phi) is 5.05. The molecule has 0 heterocycles. The summed E-state index contributed by atoms with van der Waals surface area (Å²) in [5, 5.41) is 12.0. The Morgan fingerprint density at radius 2 is 2.18 bits per heavy atom. The second-order valence-electron chi connectivity index (χ2n) is 3.63. The molecule has 1 aromatic carbocycles. The number of aliphatic hydroxyl groups is 1. The fraction of sp³-hybridized carbons (Fsp3) is 0.364. The number of nitrogen functional groups attached to an aromatic ring is 1. The summed E-state index contributed by atoms with van der Waals surface area (Å²) in [5.74, 6) is -0.398. The Bertz CT molecular complexity index is 420. The number of benzene rings is 1. The van der Waals surface area contributed by atoms with Crippen LogP contribution < -0.4 is 11.1 Å². The van der Waals surface area contributed by atoms with E-state index >= 15 is 0 Å². The molecule has 94 valence electrons. The molecule has 0 saturated heterocycles. The van der Waals surface area contributed by atoms with Gasteiger partial charge in [0, 0.05) is 5.69 Å². The summed E-state index contributed by atoms with van der Waals surface area (Å²) in [4.78, 5) is 11.9. The number of amides is 1. The number of carbonyl (C=O) groups is 1. The fourth-order valence-corrected chi connectivity index (χ4v) is 1.74. The van der Waals surface area contributed by atoms with Crippen molar-refractivity contribution in [1.82, 2.24) is 5.32 Å². The Labute approximate surface area is 110 Å². The van der Waals surface area contributed by atoms with E-state index in [-0.39, 0.29) is 28.3 Å². The van der Waals surface area contributed by atoms with E-state index in [9.17, 15) is 4.79 Å². The SMILES string of the molecule is CC[C@@H](CO)NC(=O)c1cc(N)cc(Cl)c1Cl. The number of nitrogens with one attached hydrogen (secondary N) is 1. The molecule has 0 aromatic heterocycles. The van der Waals surface area contributed by atoms with Gasteiger partial charge in [-0.05, 0) is 18.6 Å². The number of hydrogen-bond acceptors (Lipinski definition) is 3. The summed E-state index contributed by atoms with van der Waals surface area (Å²) in [6.07, 6.45) is 0.621. The zero-order valence-corrected chi connectivity index (χ0v) is 10.8. The number of halogens is 2. The van der Waals surface area contributed by atoms with Crippen molar-refractivity contribution in [2.24, 2.45) is 0 Å². The summed E-state index contributed by atoms with van der Waals surface area (Å²) < 4.78 is 0. The molecular weight excluding hydrogens is 263 g/mol. The van der Waals surface area contributed by atoms with E-state index in [1.54, 1.807) is 0 Å². The third-order valence-electron chi connectivity index (χ3n) is 2.34. The molecule has 0 aliphatic rings. The lowest BCUT2D eigenvalue weighted by atomic mass is 10.1. The van der Waals surface area contributed by atoms with Crippen LogP contribution >= 0.6 is 23.2 Å². The molecule has 1 atom stereocenters. The number of hydrogen-bond donors (Lipinski definition) is 3. The standard InChI is InChI=1S/C11H14Cl2N2O2/c1-2-7(5-16)15-11(17)8-3-6(14)4-9(12)10(8)13/h3-4,7,16H,2,5,14H2,1H3,(H,15,17)/t7-/m0/s1. The zero-order valence-electron chi connectivity index (χ0n) is 9.34. The van der Waals surface area contributed by atoms with Crippen molar-refractivity contribution in [3.63, 3.8) is 0 Å².